The largest absolute Gasteiger partial charge is 0.394 e. The van der Waals surface area contributed by atoms with Gasteiger partial charge in [-0.3, -0.25) is 0 Å². The van der Waals surface area contributed by atoms with Crippen LogP contribution in [0.4, 0.5) is 0 Å². The van der Waals surface area contributed by atoms with Gasteiger partial charge in [0.1, 0.15) is 0 Å². The van der Waals surface area contributed by atoms with Crippen molar-refractivity contribution in [1.82, 2.24) is 10.2 Å². The van der Waals surface area contributed by atoms with E-state index in [-0.39, 0.29) is 25.9 Å². The van der Waals surface area contributed by atoms with E-state index in [0.29, 0.717) is 13.2 Å². The molecule has 1 unspecified atom stereocenters. The molecule has 1 heterocycles. The van der Waals surface area contributed by atoms with Crippen molar-refractivity contribution >= 4 is 0 Å². The van der Waals surface area contributed by atoms with Crippen LogP contribution in [0.3, 0.4) is 0 Å². The molecular weight excluding hydrogens is 212 g/mol. The molecule has 4 N–H and O–H groups in total. The number of hydrogen-bond donors (Lipinski definition) is 4. The molecule has 0 radical (unpaired) electrons. The van der Waals surface area contributed by atoms with E-state index in [2.05, 4.69) is 10.2 Å². The maximum Gasteiger partial charge on any atom is 0.0882 e. The van der Waals surface area contributed by atoms with Gasteiger partial charge in [-0.25, -0.2) is 0 Å². The minimum absolute atomic E-state index is 0.0303. The van der Waals surface area contributed by atoms with Gasteiger partial charge in [-0.2, -0.15) is 0 Å². The van der Waals surface area contributed by atoms with Gasteiger partial charge in [0.15, 0.2) is 0 Å². The summed E-state index contributed by atoms with van der Waals surface area (Å²) in [6.45, 7) is 2.01. The molecule has 0 bridgehead atoms. The third-order valence-electron chi connectivity index (χ3n) is 2.95. The van der Waals surface area contributed by atoms with Gasteiger partial charge >= 0.3 is 0 Å². The highest BCUT2D eigenvalue weighted by Gasteiger charge is 2.29. The first kappa shape index (κ1) is 13.8. The summed E-state index contributed by atoms with van der Waals surface area (Å²) in [5, 5.41) is 30.3. The maximum absolute atomic E-state index is 9.12. The number of aliphatic hydroxyl groups is 3. The number of likely N-dealkylation sites (N-methyl/N-ethyl adjacent to an activating group) is 1. The summed E-state index contributed by atoms with van der Waals surface area (Å²) in [6.07, 6.45) is 0.0303. The Morgan fingerprint density at radius 1 is 1.31 bits per heavy atom. The van der Waals surface area contributed by atoms with Crippen molar-refractivity contribution in [2.24, 2.45) is 0 Å². The van der Waals surface area contributed by atoms with Crippen LogP contribution < -0.4 is 5.32 Å². The van der Waals surface area contributed by atoms with E-state index in [0.717, 1.165) is 13.1 Å². The predicted molar refractivity (Wildman–Crippen MR) is 59.2 cm³/mol. The molecule has 0 saturated carbocycles. The molecule has 0 aromatic heterocycles. The number of ether oxygens (including phenoxy) is 1. The van der Waals surface area contributed by atoms with Crippen molar-refractivity contribution in [2.45, 2.75) is 11.6 Å². The number of nitrogens with zero attached hydrogens (tertiary/aromatic N) is 1. The SMILES string of the molecule is CN1CCOC(CNC(CO)(CO)CO)C1. The molecule has 96 valence electrons. The fraction of sp³-hybridized carbons (Fsp3) is 1.00. The van der Waals surface area contributed by atoms with Gasteiger partial charge in [-0.1, -0.05) is 0 Å². The molecule has 1 aliphatic rings. The lowest BCUT2D eigenvalue weighted by molar-refractivity contribution is -0.0313. The molecule has 1 atom stereocenters. The first-order valence-corrected chi connectivity index (χ1v) is 5.53. The van der Waals surface area contributed by atoms with Crippen LogP contribution in [0.1, 0.15) is 0 Å². The molecule has 1 saturated heterocycles. The van der Waals surface area contributed by atoms with E-state index in [1.54, 1.807) is 0 Å². The van der Waals surface area contributed by atoms with Crippen LogP contribution in [-0.2, 0) is 4.74 Å². The monoisotopic (exact) mass is 234 g/mol. The zero-order valence-corrected chi connectivity index (χ0v) is 9.72. The van der Waals surface area contributed by atoms with Crippen molar-refractivity contribution in [3.8, 4) is 0 Å². The highest BCUT2D eigenvalue weighted by molar-refractivity contribution is 4.88. The van der Waals surface area contributed by atoms with Crippen molar-refractivity contribution in [1.29, 1.82) is 0 Å². The fourth-order valence-electron chi connectivity index (χ4n) is 1.64. The molecule has 1 rings (SSSR count). The second kappa shape index (κ2) is 6.48. The number of rotatable bonds is 6. The van der Waals surface area contributed by atoms with Crippen LogP contribution in [0.5, 0.6) is 0 Å². The van der Waals surface area contributed by atoms with E-state index in [4.69, 9.17) is 20.1 Å². The smallest absolute Gasteiger partial charge is 0.0882 e. The van der Waals surface area contributed by atoms with E-state index in [1.165, 1.54) is 0 Å². The van der Waals surface area contributed by atoms with Gasteiger partial charge in [0.05, 0.1) is 38.1 Å². The summed E-state index contributed by atoms with van der Waals surface area (Å²) in [5.74, 6) is 0. The van der Waals surface area contributed by atoms with Gasteiger partial charge in [-0.05, 0) is 7.05 Å². The molecule has 0 spiro atoms. The van der Waals surface area contributed by atoms with Crippen LogP contribution in [0.15, 0.2) is 0 Å². The van der Waals surface area contributed by atoms with Crippen LogP contribution in [-0.4, -0.2) is 85.0 Å². The molecule has 6 heteroatoms. The van der Waals surface area contributed by atoms with Crippen LogP contribution in [0.25, 0.3) is 0 Å². The molecule has 1 fully saturated rings. The van der Waals surface area contributed by atoms with E-state index in [1.807, 2.05) is 7.05 Å². The van der Waals surface area contributed by atoms with Gasteiger partial charge in [0, 0.05) is 19.6 Å². The standard InChI is InChI=1S/C10H22N2O4/c1-12-2-3-16-9(5-12)4-11-10(6-13,7-14)8-15/h9,11,13-15H,2-8H2,1H3. The first-order chi connectivity index (χ1) is 7.65. The van der Waals surface area contributed by atoms with Crippen molar-refractivity contribution < 1.29 is 20.1 Å². The fourth-order valence-corrected chi connectivity index (χ4v) is 1.64. The quantitative estimate of drug-likeness (QED) is 0.411. The van der Waals surface area contributed by atoms with Crippen molar-refractivity contribution in [2.75, 3.05) is 53.1 Å². The number of nitrogens with one attached hydrogen (secondary N) is 1. The second-order valence-electron chi connectivity index (χ2n) is 4.39. The number of aliphatic hydroxyl groups excluding tert-OH is 3. The Kier molecular flexibility index (Phi) is 5.60. The molecule has 0 aliphatic carbocycles. The van der Waals surface area contributed by atoms with E-state index >= 15 is 0 Å². The summed E-state index contributed by atoms with van der Waals surface area (Å²) in [4.78, 5) is 2.16. The Morgan fingerprint density at radius 3 is 2.44 bits per heavy atom. The lowest BCUT2D eigenvalue weighted by Gasteiger charge is -2.34. The molecule has 0 aromatic rings. The van der Waals surface area contributed by atoms with Crippen molar-refractivity contribution in [3.63, 3.8) is 0 Å². The minimum Gasteiger partial charge on any atom is -0.394 e. The summed E-state index contributed by atoms with van der Waals surface area (Å²) < 4.78 is 5.53. The molecule has 0 aromatic carbocycles. The van der Waals surface area contributed by atoms with Crippen molar-refractivity contribution in [3.05, 3.63) is 0 Å². The van der Waals surface area contributed by atoms with Gasteiger partial charge in [-0.15, -0.1) is 0 Å². The summed E-state index contributed by atoms with van der Waals surface area (Å²) >= 11 is 0. The normalized spacial score (nSPS) is 23.6. The van der Waals surface area contributed by atoms with Gasteiger partial charge in [0.25, 0.3) is 0 Å². The third kappa shape index (κ3) is 3.65. The lowest BCUT2D eigenvalue weighted by Crippen LogP contribution is -2.58. The zero-order chi connectivity index (χ0) is 12.0. The predicted octanol–water partition coefficient (Wildman–Crippen LogP) is -2.38. The average Bonchev–Trinajstić information content (AvgIpc) is 2.32. The first-order valence-electron chi connectivity index (χ1n) is 5.53. The van der Waals surface area contributed by atoms with Crippen LogP contribution in [0.2, 0.25) is 0 Å². The Hall–Kier alpha value is -0.240. The molecule has 16 heavy (non-hydrogen) atoms. The van der Waals surface area contributed by atoms with E-state index in [9.17, 15) is 0 Å². The molecule has 6 nitrogen and oxygen atoms in total. The average molecular weight is 234 g/mol. The van der Waals surface area contributed by atoms with E-state index < -0.39 is 5.54 Å². The topological polar surface area (TPSA) is 85.2 Å². The summed E-state index contributed by atoms with van der Waals surface area (Å²) in [6, 6.07) is 0. The Balaban J connectivity index is 2.36. The number of morpholine rings is 1. The molecule has 0 amide bonds. The summed E-state index contributed by atoms with van der Waals surface area (Å²) in [5.41, 5.74) is -1.01. The summed E-state index contributed by atoms with van der Waals surface area (Å²) in [7, 11) is 2.02. The highest BCUT2D eigenvalue weighted by Crippen LogP contribution is 2.06. The van der Waals surface area contributed by atoms with Crippen LogP contribution >= 0.6 is 0 Å². The molecular formula is C10H22N2O4. The Bertz CT molecular complexity index is 191. The minimum atomic E-state index is -1.01. The lowest BCUT2D eigenvalue weighted by atomic mass is 10.0. The second-order valence-corrected chi connectivity index (χ2v) is 4.39. The van der Waals surface area contributed by atoms with Gasteiger partial charge in [0.2, 0.25) is 0 Å². The maximum atomic E-state index is 9.12. The van der Waals surface area contributed by atoms with Gasteiger partial charge < -0.3 is 30.3 Å². The number of hydrogen-bond acceptors (Lipinski definition) is 6. The molecule has 1 aliphatic heterocycles. The zero-order valence-electron chi connectivity index (χ0n) is 9.72. The van der Waals surface area contributed by atoms with Crippen LogP contribution in [0, 0.1) is 0 Å². The third-order valence-corrected chi connectivity index (χ3v) is 2.95. The Labute approximate surface area is 95.8 Å². The Morgan fingerprint density at radius 2 is 1.94 bits per heavy atom. The highest BCUT2D eigenvalue weighted by atomic mass is 16.5.